The van der Waals surface area contributed by atoms with Crippen molar-refractivity contribution in [3.05, 3.63) is 21.9 Å². The minimum Gasteiger partial charge on any atom is -0.334 e. The van der Waals surface area contributed by atoms with Crippen molar-refractivity contribution in [2.45, 2.75) is 38.8 Å². The molecule has 0 aromatic carbocycles. The maximum Gasteiger partial charge on any atom is 0.237 e. The molecule has 0 spiro atoms. The van der Waals surface area contributed by atoms with E-state index in [-0.39, 0.29) is 6.04 Å². The van der Waals surface area contributed by atoms with E-state index in [9.17, 15) is 4.79 Å². The molecule has 1 aromatic heterocycles. The van der Waals surface area contributed by atoms with Crippen LogP contribution >= 0.6 is 11.3 Å². The number of hydrogen-bond donors (Lipinski definition) is 1. The van der Waals surface area contributed by atoms with Gasteiger partial charge in [-0.05, 0) is 36.8 Å². The van der Waals surface area contributed by atoms with Crippen LogP contribution in [0.1, 0.15) is 36.8 Å². The van der Waals surface area contributed by atoms with Crippen LogP contribution in [-0.4, -0.2) is 54.5 Å². The Labute approximate surface area is 131 Å². The Morgan fingerprint density at radius 3 is 3.10 bits per heavy atom. The molecule has 0 aliphatic carbocycles. The first-order valence-corrected chi connectivity index (χ1v) is 8.89. The van der Waals surface area contributed by atoms with E-state index in [0.29, 0.717) is 18.5 Å². The third-order valence-corrected chi connectivity index (χ3v) is 5.78. The van der Waals surface area contributed by atoms with E-state index >= 15 is 0 Å². The second-order valence-electron chi connectivity index (χ2n) is 6.08. The normalized spacial score (nSPS) is 26.7. The summed E-state index contributed by atoms with van der Waals surface area (Å²) in [4.78, 5) is 18.7. The lowest BCUT2D eigenvalue weighted by atomic mass is 9.97. The van der Waals surface area contributed by atoms with E-state index in [1.165, 1.54) is 10.4 Å². The molecule has 1 fully saturated rings. The van der Waals surface area contributed by atoms with E-state index in [4.69, 9.17) is 0 Å². The number of thiophene rings is 1. The Bertz CT molecular complexity index is 501. The molecule has 3 heterocycles. The zero-order valence-corrected chi connectivity index (χ0v) is 13.8. The first-order chi connectivity index (χ1) is 10.2. The van der Waals surface area contributed by atoms with E-state index < -0.39 is 0 Å². The van der Waals surface area contributed by atoms with Crippen molar-refractivity contribution in [3.63, 3.8) is 0 Å². The highest BCUT2D eigenvalue weighted by Gasteiger charge is 2.31. The molecule has 1 N–H and O–H groups in total. The van der Waals surface area contributed by atoms with Crippen molar-refractivity contribution < 1.29 is 4.79 Å². The van der Waals surface area contributed by atoms with Crippen LogP contribution in [0.5, 0.6) is 0 Å². The van der Waals surface area contributed by atoms with E-state index in [1.807, 2.05) is 11.3 Å². The predicted molar refractivity (Wildman–Crippen MR) is 86.7 cm³/mol. The summed E-state index contributed by atoms with van der Waals surface area (Å²) in [6.45, 7) is 8.78. The van der Waals surface area contributed by atoms with Gasteiger partial charge in [-0.3, -0.25) is 9.69 Å². The zero-order valence-electron chi connectivity index (χ0n) is 13.0. The molecule has 3 rings (SSSR count). The lowest BCUT2D eigenvalue weighted by molar-refractivity contribution is -0.136. The SMILES string of the molecule is CCC1c2ccsc2CCN1C(=O)CN1CCNC[C@@H]1C. The average molecular weight is 307 g/mol. The standard InChI is InChI=1S/C16H25N3OS/c1-3-14-13-5-9-21-15(13)4-7-19(14)16(20)11-18-8-6-17-10-12(18)2/h5,9,12,14,17H,3-4,6-8,10-11H2,1-2H3/t12-,14?/m0/s1. The number of fused-ring (bicyclic) bond motifs is 1. The van der Waals surface area contributed by atoms with Gasteiger partial charge in [0.05, 0.1) is 12.6 Å². The lowest BCUT2D eigenvalue weighted by Crippen LogP contribution is -2.54. The first-order valence-electron chi connectivity index (χ1n) is 8.01. The third kappa shape index (κ3) is 3.00. The molecule has 0 bridgehead atoms. The van der Waals surface area contributed by atoms with Gasteiger partial charge in [-0.1, -0.05) is 6.92 Å². The van der Waals surface area contributed by atoms with Crippen LogP contribution in [0.3, 0.4) is 0 Å². The fourth-order valence-electron chi connectivity index (χ4n) is 3.52. The predicted octanol–water partition coefficient (Wildman–Crippen LogP) is 1.88. The summed E-state index contributed by atoms with van der Waals surface area (Å²) in [7, 11) is 0. The number of hydrogen-bond acceptors (Lipinski definition) is 4. The molecule has 0 radical (unpaired) electrons. The topological polar surface area (TPSA) is 35.6 Å². The summed E-state index contributed by atoms with van der Waals surface area (Å²) in [5.41, 5.74) is 1.38. The van der Waals surface area contributed by atoms with Gasteiger partial charge in [0.15, 0.2) is 0 Å². The molecule has 1 amide bonds. The molecule has 0 saturated carbocycles. The summed E-state index contributed by atoms with van der Waals surface area (Å²) in [5, 5.41) is 5.55. The van der Waals surface area contributed by atoms with Crippen molar-refractivity contribution in [1.29, 1.82) is 0 Å². The second kappa shape index (κ2) is 6.46. The van der Waals surface area contributed by atoms with Crippen LogP contribution < -0.4 is 5.32 Å². The van der Waals surface area contributed by atoms with Crippen molar-refractivity contribution in [2.24, 2.45) is 0 Å². The zero-order chi connectivity index (χ0) is 14.8. The number of rotatable bonds is 3. The van der Waals surface area contributed by atoms with Gasteiger partial charge in [0, 0.05) is 37.1 Å². The molecule has 1 aromatic rings. The van der Waals surface area contributed by atoms with Gasteiger partial charge in [-0.2, -0.15) is 0 Å². The van der Waals surface area contributed by atoms with E-state index in [0.717, 1.165) is 39.0 Å². The van der Waals surface area contributed by atoms with Gasteiger partial charge < -0.3 is 10.2 Å². The number of piperazine rings is 1. The van der Waals surface area contributed by atoms with Gasteiger partial charge >= 0.3 is 0 Å². The smallest absolute Gasteiger partial charge is 0.237 e. The Morgan fingerprint density at radius 1 is 1.48 bits per heavy atom. The lowest BCUT2D eigenvalue weighted by Gasteiger charge is -2.39. The molecule has 116 valence electrons. The van der Waals surface area contributed by atoms with Gasteiger partial charge in [0.25, 0.3) is 0 Å². The van der Waals surface area contributed by atoms with E-state index in [2.05, 4.69) is 40.4 Å². The molecular formula is C16H25N3OS. The Kier molecular flexibility index (Phi) is 4.62. The highest BCUT2D eigenvalue weighted by Crippen LogP contribution is 2.35. The number of nitrogens with one attached hydrogen (secondary N) is 1. The quantitative estimate of drug-likeness (QED) is 0.926. The van der Waals surface area contributed by atoms with Crippen LogP contribution in [0.4, 0.5) is 0 Å². The van der Waals surface area contributed by atoms with Crippen LogP contribution in [0.2, 0.25) is 0 Å². The van der Waals surface area contributed by atoms with Crippen LogP contribution in [0, 0.1) is 0 Å². The largest absolute Gasteiger partial charge is 0.334 e. The first kappa shape index (κ1) is 15.0. The highest BCUT2D eigenvalue weighted by atomic mass is 32.1. The van der Waals surface area contributed by atoms with Crippen molar-refractivity contribution >= 4 is 17.2 Å². The van der Waals surface area contributed by atoms with Gasteiger partial charge in [0.2, 0.25) is 5.91 Å². The molecular weight excluding hydrogens is 282 g/mol. The summed E-state index contributed by atoms with van der Waals surface area (Å²) in [6, 6.07) is 2.94. The Morgan fingerprint density at radius 2 is 2.33 bits per heavy atom. The van der Waals surface area contributed by atoms with Crippen LogP contribution in [-0.2, 0) is 11.2 Å². The molecule has 21 heavy (non-hydrogen) atoms. The molecule has 1 unspecified atom stereocenters. The number of amides is 1. The Hall–Kier alpha value is -0.910. The molecule has 4 nitrogen and oxygen atoms in total. The van der Waals surface area contributed by atoms with Crippen molar-refractivity contribution in [1.82, 2.24) is 15.1 Å². The fourth-order valence-corrected chi connectivity index (χ4v) is 4.45. The van der Waals surface area contributed by atoms with E-state index in [1.54, 1.807) is 0 Å². The molecule has 1 saturated heterocycles. The summed E-state index contributed by atoms with van der Waals surface area (Å²) in [6.07, 6.45) is 2.03. The molecule has 2 atom stereocenters. The number of carbonyl (C=O) groups excluding carboxylic acids is 1. The van der Waals surface area contributed by atoms with Gasteiger partial charge in [-0.25, -0.2) is 0 Å². The fraction of sp³-hybridized carbons (Fsp3) is 0.688. The molecule has 2 aliphatic rings. The van der Waals surface area contributed by atoms with Crippen molar-refractivity contribution in [2.75, 3.05) is 32.7 Å². The molecule has 2 aliphatic heterocycles. The van der Waals surface area contributed by atoms with Gasteiger partial charge in [-0.15, -0.1) is 11.3 Å². The maximum absolute atomic E-state index is 12.8. The summed E-state index contributed by atoms with van der Waals surface area (Å²) < 4.78 is 0. The maximum atomic E-state index is 12.8. The molecule has 5 heteroatoms. The minimum atomic E-state index is 0.283. The minimum absolute atomic E-state index is 0.283. The van der Waals surface area contributed by atoms with Crippen LogP contribution in [0.15, 0.2) is 11.4 Å². The summed E-state index contributed by atoms with van der Waals surface area (Å²) >= 11 is 1.84. The van der Waals surface area contributed by atoms with Crippen LogP contribution in [0.25, 0.3) is 0 Å². The third-order valence-electron chi connectivity index (χ3n) is 4.78. The summed E-state index contributed by atoms with van der Waals surface area (Å²) in [5.74, 6) is 0.299. The van der Waals surface area contributed by atoms with Crippen molar-refractivity contribution in [3.8, 4) is 0 Å². The monoisotopic (exact) mass is 307 g/mol. The highest BCUT2D eigenvalue weighted by molar-refractivity contribution is 7.10. The van der Waals surface area contributed by atoms with Gasteiger partial charge in [0.1, 0.15) is 0 Å². The Balaban J connectivity index is 1.69. The second-order valence-corrected chi connectivity index (χ2v) is 7.08. The number of nitrogens with zero attached hydrogens (tertiary/aromatic N) is 2. The number of carbonyl (C=O) groups is 1. The average Bonchev–Trinajstić information content (AvgIpc) is 2.97.